The highest BCUT2D eigenvalue weighted by molar-refractivity contribution is 6.31. The first kappa shape index (κ1) is 11.7. The molecule has 2 aromatic rings. The van der Waals surface area contributed by atoms with Gasteiger partial charge in [-0.15, -0.1) is 0 Å². The van der Waals surface area contributed by atoms with Gasteiger partial charge < -0.3 is 10.4 Å². The van der Waals surface area contributed by atoms with Gasteiger partial charge in [0.15, 0.2) is 0 Å². The van der Waals surface area contributed by atoms with Crippen LogP contribution in [-0.2, 0) is 6.54 Å². The molecule has 2 aromatic carbocycles. The normalized spacial score (nSPS) is 10.2. The van der Waals surface area contributed by atoms with Gasteiger partial charge in [-0.2, -0.15) is 0 Å². The maximum atomic E-state index is 12.9. The van der Waals surface area contributed by atoms with E-state index in [0.29, 0.717) is 6.54 Å². The molecule has 0 aliphatic carbocycles. The summed E-state index contributed by atoms with van der Waals surface area (Å²) in [4.78, 5) is 0. The largest absolute Gasteiger partial charge is 0.508 e. The molecule has 0 saturated carbocycles. The van der Waals surface area contributed by atoms with Gasteiger partial charge in [0.2, 0.25) is 0 Å². The fraction of sp³-hybridized carbons (Fsp3) is 0.0769. The monoisotopic (exact) mass is 251 g/mol. The molecule has 0 aliphatic heterocycles. The van der Waals surface area contributed by atoms with Crippen molar-refractivity contribution in [2.45, 2.75) is 6.54 Å². The summed E-state index contributed by atoms with van der Waals surface area (Å²) >= 11 is 5.67. The van der Waals surface area contributed by atoms with Gasteiger partial charge in [-0.05, 0) is 35.9 Å². The number of nitrogens with one attached hydrogen (secondary N) is 1. The average molecular weight is 252 g/mol. The van der Waals surface area contributed by atoms with Crippen molar-refractivity contribution < 1.29 is 9.50 Å². The average Bonchev–Trinajstić information content (AvgIpc) is 2.31. The molecule has 2 rings (SSSR count). The lowest BCUT2D eigenvalue weighted by atomic mass is 10.2. The molecule has 0 aliphatic rings. The zero-order valence-corrected chi connectivity index (χ0v) is 9.71. The van der Waals surface area contributed by atoms with Gasteiger partial charge in [-0.1, -0.05) is 23.7 Å². The SMILES string of the molecule is Oc1cccc(CNc2ccc(F)c(Cl)c2)c1. The first-order chi connectivity index (χ1) is 8.15. The molecule has 0 fully saturated rings. The van der Waals surface area contributed by atoms with Gasteiger partial charge in [0, 0.05) is 12.2 Å². The minimum absolute atomic E-state index is 0.0888. The summed E-state index contributed by atoms with van der Waals surface area (Å²) < 4.78 is 12.9. The molecule has 0 bridgehead atoms. The van der Waals surface area contributed by atoms with Crippen molar-refractivity contribution in [1.29, 1.82) is 0 Å². The first-order valence-electron chi connectivity index (χ1n) is 5.12. The van der Waals surface area contributed by atoms with E-state index in [-0.39, 0.29) is 10.8 Å². The van der Waals surface area contributed by atoms with E-state index in [1.165, 1.54) is 12.1 Å². The van der Waals surface area contributed by atoms with Gasteiger partial charge in [0.25, 0.3) is 0 Å². The molecule has 4 heteroatoms. The Labute approximate surface area is 104 Å². The molecule has 17 heavy (non-hydrogen) atoms. The number of benzene rings is 2. The molecule has 2 nitrogen and oxygen atoms in total. The third-order valence-corrected chi connectivity index (χ3v) is 2.62. The second kappa shape index (κ2) is 5.06. The molecule has 2 N–H and O–H groups in total. The number of aromatic hydroxyl groups is 1. The summed E-state index contributed by atoms with van der Waals surface area (Å²) in [5.41, 5.74) is 1.67. The lowest BCUT2D eigenvalue weighted by Gasteiger charge is -2.07. The van der Waals surface area contributed by atoms with Gasteiger partial charge in [-0.25, -0.2) is 4.39 Å². The molecule has 0 spiro atoms. The summed E-state index contributed by atoms with van der Waals surface area (Å²) in [6.07, 6.45) is 0. The van der Waals surface area contributed by atoms with Crippen molar-refractivity contribution in [1.82, 2.24) is 0 Å². The first-order valence-corrected chi connectivity index (χ1v) is 5.50. The van der Waals surface area contributed by atoms with E-state index < -0.39 is 5.82 Å². The van der Waals surface area contributed by atoms with Crippen LogP contribution in [0.2, 0.25) is 5.02 Å². The van der Waals surface area contributed by atoms with Gasteiger partial charge in [0.05, 0.1) is 5.02 Å². The van der Waals surface area contributed by atoms with E-state index in [4.69, 9.17) is 11.6 Å². The van der Waals surface area contributed by atoms with Crippen LogP contribution in [0, 0.1) is 5.82 Å². The van der Waals surface area contributed by atoms with E-state index in [0.717, 1.165) is 11.3 Å². The van der Waals surface area contributed by atoms with Gasteiger partial charge >= 0.3 is 0 Å². The van der Waals surface area contributed by atoms with Crippen LogP contribution in [0.3, 0.4) is 0 Å². The van der Waals surface area contributed by atoms with Crippen molar-refractivity contribution in [2.75, 3.05) is 5.32 Å². The highest BCUT2D eigenvalue weighted by Crippen LogP contribution is 2.20. The van der Waals surface area contributed by atoms with Crippen LogP contribution >= 0.6 is 11.6 Å². The maximum Gasteiger partial charge on any atom is 0.141 e. The molecule has 0 radical (unpaired) electrons. The summed E-state index contributed by atoms with van der Waals surface area (Å²) in [5, 5.41) is 12.5. The molecular formula is C13H11ClFNO. The number of hydrogen-bond acceptors (Lipinski definition) is 2. The summed E-state index contributed by atoms with van der Waals surface area (Å²) in [5.74, 6) is -0.212. The zero-order chi connectivity index (χ0) is 12.3. The number of phenols is 1. The Balaban J connectivity index is 2.05. The number of hydrogen-bond donors (Lipinski definition) is 2. The Bertz CT molecular complexity index is 531. The maximum absolute atomic E-state index is 12.9. The van der Waals surface area contributed by atoms with Crippen LogP contribution in [0.5, 0.6) is 5.75 Å². The van der Waals surface area contributed by atoms with Gasteiger partial charge in [-0.3, -0.25) is 0 Å². The Morgan fingerprint density at radius 1 is 1.18 bits per heavy atom. The standard InChI is InChI=1S/C13H11ClFNO/c14-12-7-10(4-5-13(12)15)16-8-9-2-1-3-11(17)6-9/h1-7,16-17H,8H2. The van der Waals surface area contributed by atoms with Crippen molar-refractivity contribution in [3.63, 3.8) is 0 Å². The van der Waals surface area contributed by atoms with Crippen molar-refractivity contribution in [3.05, 3.63) is 58.9 Å². The van der Waals surface area contributed by atoms with Crippen LogP contribution in [0.15, 0.2) is 42.5 Å². The number of halogens is 2. The summed E-state index contributed by atoms with van der Waals surface area (Å²) in [6, 6.07) is 11.4. The lowest BCUT2D eigenvalue weighted by Crippen LogP contribution is -1.99. The second-order valence-corrected chi connectivity index (χ2v) is 4.06. The van der Waals surface area contributed by atoms with Crippen LogP contribution in [-0.4, -0.2) is 5.11 Å². The molecule has 0 aromatic heterocycles. The summed E-state index contributed by atoms with van der Waals surface area (Å²) in [7, 11) is 0. The highest BCUT2D eigenvalue weighted by Gasteiger charge is 2.00. The molecular weight excluding hydrogens is 241 g/mol. The van der Waals surface area contributed by atoms with Crippen LogP contribution < -0.4 is 5.32 Å². The molecule has 0 atom stereocenters. The topological polar surface area (TPSA) is 32.3 Å². The Kier molecular flexibility index (Phi) is 3.49. The Hall–Kier alpha value is -1.74. The third-order valence-electron chi connectivity index (χ3n) is 2.33. The van der Waals surface area contributed by atoms with Crippen LogP contribution in [0.1, 0.15) is 5.56 Å². The van der Waals surface area contributed by atoms with Crippen molar-refractivity contribution in [3.8, 4) is 5.75 Å². The predicted molar refractivity (Wildman–Crippen MR) is 66.8 cm³/mol. The Morgan fingerprint density at radius 3 is 2.71 bits per heavy atom. The fourth-order valence-corrected chi connectivity index (χ4v) is 1.66. The van der Waals surface area contributed by atoms with E-state index in [2.05, 4.69) is 5.32 Å². The molecule has 0 unspecified atom stereocenters. The number of anilines is 1. The lowest BCUT2D eigenvalue weighted by molar-refractivity contribution is 0.474. The number of phenolic OH excluding ortho intramolecular Hbond substituents is 1. The summed E-state index contributed by atoms with van der Waals surface area (Å²) in [6.45, 7) is 0.538. The smallest absolute Gasteiger partial charge is 0.141 e. The van der Waals surface area contributed by atoms with Crippen LogP contribution in [0.4, 0.5) is 10.1 Å². The third kappa shape index (κ3) is 3.11. The van der Waals surface area contributed by atoms with E-state index in [9.17, 15) is 9.50 Å². The zero-order valence-electron chi connectivity index (χ0n) is 8.95. The molecule has 0 amide bonds. The quantitative estimate of drug-likeness (QED) is 0.870. The second-order valence-electron chi connectivity index (χ2n) is 3.65. The number of rotatable bonds is 3. The predicted octanol–water partition coefficient (Wildman–Crippen LogP) is 3.80. The molecule has 0 heterocycles. The fourth-order valence-electron chi connectivity index (χ4n) is 1.48. The highest BCUT2D eigenvalue weighted by atomic mass is 35.5. The van der Waals surface area contributed by atoms with Crippen molar-refractivity contribution >= 4 is 17.3 Å². The minimum Gasteiger partial charge on any atom is -0.508 e. The van der Waals surface area contributed by atoms with E-state index >= 15 is 0 Å². The van der Waals surface area contributed by atoms with Crippen LogP contribution in [0.25, 0.3) is 0 Å². The molecule has 0 saturated heterocycles. The molecule has 88 valence electrons. The van der Waals surface area contributed by atoms with E-state index in [1.807, 2.05) is 6.07 Å². The van der Waals surface area contributed by atoms with Crippen molar-refractivity contribution in [2.24, 2.45) is 0 Å². The van der Waals surface area contributed by atoms with E-state index in [1.54, 1.807) is 24.3 Å². The minimum atomic E-state index is -0.436. The van der Waals surface area contributed by atoms with Gasteiger partial charge in [0.1, 0.15) is 11.6 Å². The Morgan fingerprint density at radius 2 is 2.00 bits per heavy atom.